The summed E-state index contributed by atoms with van der Waals surface area (Å²) in [7, 11) is 3.61. The standard InChI is InChI=1S/C13H18N2O2/c1-15(7-8-17-10-9-16-2)13-6-4-3-5-12(13)11-14/h3-6H,7-10H2,1-2H3. The summed E-state index contributed by atoms with van der Waals surface area (Å²) < 4.78 is 10.3. The van der Waals surface area contributed by atoms with Gasteiger partial charge in [-0.05, 0) is 12.1 Å². The van der Waals surface area contributed by atoms with Gasteiger partial charge in [-0.3, -0.25) is 0 Å². The Hall–Kier alpha value is -1.57. The molecule has 0 radical (unpaired) electrons. The molecular weight excluding hydrogens is 216 g/mol. The van der Waals surface area contributed by atoms with Crippen LogP contribution >= 0.6 is 0 Å². The normalized spacial score (nSPS) is 9.94. The van der Waals surface area contributed by atoms with Gasteiger partial charge in [0.05, 0.1) is 31.1 Å². The van der Waals surface area contributed by atoms with Crippen molar-refractivity contribution >= 4 is 5.69 Å². The molecule has 0 saturated heterocycles. The first-order valence-corrected chi connectivity index (χ1v) is 5.56. The second kappa shape index (κ2) is 7.66. The van der Waals surface area contributed by atoms with Crippen LogP contribution in [-0.2, 0) is 9.47 Å². The summed E-state index contributed by atoms with van der Waals surface area (Å²) in [5.74, 6) is 0. The smallest absolute Gasteiger partial charge is 0.101 e. The van der Waals surface area contributed by atoms with Gasteiger partial charge in [0.1, 0.15) is 6.07 Å². The Morgan fingerprint density at radius 3 is 2.71 bits per heavy atom. The zero-order valence-corrected chi connectivity index (χ0v) is 10.3. The Kier molecular flexibility index (Phi) is 6.08. The molecule has 0 bridgehead atoms. The lowest BCUT2D eigenvalue weighted by Gasteiger charge is -2.20. The van der Waals surface area contributed by atoms with E-state index < -0.39 is 0 Å². The summed E-state index contributed by atoms with van der Waals surface area (Å²) in [6.07, 6.45) is 0. The van der Waals surface area contributed by atoms with Crippen LogP contribution in [0.3, 0.4) is 0 Å². The van der Waals surface area contributed by atoms with Crippen molar-refractivity contribution in [3.63, 3.8) is 0 Å². The first kappa shape index (κ1) is 13.5. The number of para-hydroxylation sites is 1. The van der Waals surface area contributed by atoms with E-state index in [0.717, 1.165) is 12.2 Å². The van der Waals surface area contributed by atoms with Crippen LogP contribution in [0.2, 0.25) is 0 Å². The highest BCUT2D eigenvalue weighted by atomic mass is 16.5. The molecule has 0 unspecified atom stereocenters. The van der Waals surface area contributed by atoms with Gasteiger partial charge in [-0.1, -0.05) is 12.1 Å². The predicted octanol–water partition coefficient (Wildman–Crippen LogP) is 1.66. The monoisotopic (exact) mass is 234 g/mol. The van der Waals surface area contributed by atoms with Gasteiger partial charge in [0.25, 0.3) is 0 Å². The number of methoxy groups -OCH3 is 1. The maximum atomic E-state index is 8.98. The summed E-state index contributed by atoms with van der Waals surface area (Å²) in [6.45, 7) is 2.59. The number of likely N-dealkylation sites (N-methyl/N-ethyl adjacent to an activating group) is 1. The Morgan fingerprint density at radius 1 is 1.24 bits per heavy atom. The van der Waals surface area contributed by atoms with Gasteiger partial charge in [0.2, 0.25) is 0 Å². The lowest BCUT2D eigenvalue weighted by atomic mass is 10.2. The van der Waals surface area contributed by atoms with Crippen molar-refractivity contribution < 1.29 is 9.47 Å². The van der Waals surface area contributed by atoms with E-state index in [9.17, 15) is 0 Å². The van der Waals surface area contributed by atoms with Crippen LogP contribution in [0.25, 0.3) is 0 Å². The molecule has 1 rings (SSSR count). The van der Waals surface area contributed by atoms with Crippen LogP contribution in [0.1, 0.15) is 5.56 Å². The van der Waals surface area contributed by atoms with Gasteiger partial charge in [0.15, 0.2) is 0 Å². The fourth-order valence-electron chi connectivity index (χ4n) is 1.47. The molecule has 0 N–H and O–H groups in total. The van der Waals surface area contributed by atoms with Crippen molar-refractivity contribution in [1.82, 2.24) is 0 Å². The number of benzene rings is 1. The highest BCUT2D eigenvalue weighted by molar-refractivity contribution is 5.58. The fraction of sp³-hybridized carbons (Fsp3) is 0.462. The molecule has 0 aliphatic heterocycles. The van der Waals surface area contributed by atoms with Crippen molar-refractivity contribution in [2.24, 2.45) is 0 Å². The molecule has 4 heteroatoms. The summed E-state index contributed by atoms with van der Waals surface area (Å²) in [6, 6.07) is 9.74. The summed E-state index contributed by atoms with van der Waals surface area (Å²) in [4.78, 5) is 2.02. The van der Waals surface area contributed by atoms with Crippen molar-refractivity contribution in [1.29, 1.82) is 5.26 Å². The van der Waals surface area contributed by atoms with Gasteiger partial charge in [0, 0.05) is 20.7 Å². The third-order valence-corrected chi connectivity index (χ3v) is 2.44. The highest BCUT2D eigenvalue weighted by Crippen LogP contribution is 2.17. The molecule has 1 aromatic rings. The van der Waals surface area contributed by atoms with Crippen LogP contribution in [0, 0.1) is 11.3 Å². The maximum absolute atomic E-state index is 8.98. The number of anilines is 1. The SMILES string of the molecule is COCCOCCN(C)c1ccccc1C#N. The van der Waals surface area contributed by atoms with E-state index in [2.05, 4.69) is 6.07 Å². The largest absolute Gasteiger partial charge is 0.382 e. The molecule has 4 nitrogen and oxygen atoms in total. The predicted molar refractivity (Wildman–Crippen MR) is 67.1 cm³/mol. The van der Waals surface area contributed by atoms with E-state index >= 15 is 0 Å². The average molecular weight is 234 g/mol. The third-order valence-electron chi connectivity index (χ3n) is 2.44. The Morgan fingerprint density at radius 2 is 2.00 bits per heavy atom. The molecule has 0 atom stereocenters. The van der Waals surface area contributed by atoms with E-state index in [4.69, 9.17) is 14.7 Å². The van der Waals surface area contributed by atoms with E-state index in [1.807, 2.05) is 36.2 Å². The Balaban J connectivity index is 2.42. The molecule has 0 heterocycles. The van der Waals surface area contributed by atoms with Crippen LogP contribution in [0.5, 0.6) is 0 Å². The van der Waals surface area contributed by atoms with E-state index in [1.54, 1.807) is 7.11 Å². The number of nitriles is 1. The van der Waals surface area contributed by atoms with Crippen molar-refractivity contribution in [3.05, 3.63) is 29.8 Å². The van der Waals surface area contributed by atoms with Crippen LogP contribution in [0.4, 0.5) is 5.69 Å². The lowest BCUT2D eigenvalue weighted by molar-refractivity contribution is 0.0744. The Bertz CT molecular complexity index is 374. The topological polar surface area (TPSA) is 45.5 Å². The molecule has 1 aromatic carbocycles. The number of rotatable bonds is 7. The molecule has 0 amide bonds. The van der Waals surface area contributed by atoms with Crippen LogP contribution < -0.4 is 4.90 Å². The Labute approximate surface area is 102 Å². The van der Waals surface area contributed by atoms with E-state index in [0.29, 0.717) is 25.4 Å². The summed E-state index contributed by atoms with van der Waals surface area (Å²) >= 11 is 0. The number of hydrogen-bond donors (Lipinski definition) is 0. The number of ether oxygens (including phenoxy) is 2. The molecule has 0 spiro atoms. The maximum Gasteiger partial charge on any atom is 0.101 e. The van der Waals surface area contributed by atoms with Gasteiger partial charge >= 0.3 is 0 Å². The molecule has 17 heavy (non-hydrogen) atoms. The molecule has 0 saturated carbocycles. The molecule has 0 aliphatic carbocycles. The van der Waals surface area contributed by atoms with E-state index in [-0.39, 0.29) is 0 Å². The fourth-order valence-corrected chi connectivity index (χ4v) is 1.47. The average Bonchev–Trinajstić information content (AvgIpc) is 2.38. The van der Waals surface area contributed by atoms with Crippen molar-refractivity contribution in [3.8, 4) is 6.07 Å². The molecular formula is C13H18N2O2. The molecule has 92 valence electrons. The minimum absolute atomic E-state index is 0.601. The number of hydrogen-bond acceptors (Lipinski definition) is 4. The molecule has 0 aliphatic rings. The van der Waals surface area contributed by atoms with Gasteiger partial charge in [-0.15, -0.1) is 0 Å². The summed E-state index contributed by atoms with van der Waals surface area (Å²) in [5, 5.41) is 8.98. The van der Waals surface area contributed by atoms with Crippen molar-refractivity contribution in [2.45, 2.75) is 0 Å². The van der Waals surface area contributed by atoms with Gasteiger partial charge in [-0.25, -0.2) is 0 Å². The lowest BCUT2D eigenvalue weighted by Crippen LogP contribution is -2.23. The minimum atomic E-state index is 0.601. The second-order valence-electron chi connectivity index (χ2n) is 3.66. The first-order valence-electron chi connectivity index (χ1n) is 5.56. The van der Waals surface area contributed by atoms with Crippen LogP contribution in [0.15, 0.2) is 24.3 Å². The molecule has 0 aromatic heterocycles. The van der Waals surface area contributed by atoms with E-state index in [1.165, 1.54) is 0 Å². The van der Waals surface area contributed by atoms with Crippen molar-refractivity contribution in [2.75, 3.05) is 45.4 Å². The zero-order valence-electron chi connectivity index (χ0n) is 10.3. The highest BCUT2D eigenvalue weighted by Gasteiger charge is 2.05. The third kappa shape index (κ3) is 4.43. The molecule has 0 fully saturated rings. The zero-order chi connectivity index (χ0) is 12.5. The summed E-state index contributed by atoms with van der Waals surface area (Å²) in [5.41, 5.74) is 1.62. The first-order chi connectivity index (χ1) is 8.29. The quantitative estimate of drug-likeness (QED) is 0.673. The minimum Gasteiger partial charge on any atom is -0.382 e. The second-order valence-corrected chi connectivity index (χ2v) is 3.66. The number of nitrogens with zero attached hydrogens (tertiary/aromatic N) is 2. The van der Waals surface area contributed by atoms with Crippen LogP contribution in [-0.4, -0.2) is 40.5 Å². The van der Waals surface area contributed by atoms with Gasteiger partial charge in [-0.2, -0.15) is 5.26 Å². The van der Waals surface area contributed by atoms with Gasteiger partial charge < -0.3 is 14.4 Å².